The third-order valence-corrected chi connectivity index (χ3v) is 3.80. The van der Waals surface area contributed by atoms with Crippen LogP contribution in [0, 0.1) is 0 Å². The van der Waals surface area contributed by atoms with Gasteiger partial charge in [-0.05, 0) is 12.8 Å². The summed E-state index contributed by atoms with van der Waals surface area (Å²) in [5.41, 5.74) is 0. The molecule has 0 amide bonds. The Bertz CT molecular complexity index is 284. The van der Waals surface area contributed by atoms with E-state index in [0.29, 0.717) is 25.5 Å². The van der Waals surface area contributed by atoms with Crippen molar-refractivity contribution >= 4 is 21.8 Å². The van der Waals surface area contributed by atoms with Gasteiger partial charge in [0.15, 0.2) is 0 Å². The molecule has 1 fully saturated rings. The second-order valence-electron chi connectivity index (χ2n) is 3.09. The first kappa shape index (κ1) is 12.0. The summed E-state index contributed by atoms with van der Waals surface area (Å²) in [4.78, 5) is 0. The summed E-state index contributed by atoms with van der Waals surface area (Å²) in [5.74, 6) is 0.408. The summed E-state index contributed by atoms with van der Waals surface area (Å²) in [7, 11) is -3.25. The van der Waals surface area contributed by atoms with E-state index in [0.717, 1.165) is 12.8 Å². The first-order valence-corrected chi connectivity index (χ1v) is 6.60. The van der Waals surface area contributed by atoms with Gasteiger partial charge in [-0.3, -0.25) is 0 Å². The van der Waals surface area contributed by atoms with E-state index in [2.05, 4.69) is 4.72 Å². The normalized spacial score (nSPS) is 19.5. The van der Waals surface area contributed by atoms with E-state index in [1.807, 2.05) is 0 Å². The summed E-state index contributed by atoms with van der Waals surface area (Å²) in [6, 6.07) is 0. The Balaban J connectivity index is 2.37. The maximum absolute atomic E-state index is 11.5. The van der Waals surface area contributed by atoms with Gasteiger partial charge >= 0.3 is 0 Å². The van der Waals surface area contributed by atoms with Gasteiger partial charge in [0.25, 0.3) is 10.2 Å². The Labute approximate surface area is 90.1 Å². The Morgan fingerprint density at radius 3 is 2.50 bits per heavy atom. The quantitative estimate of drug-likeness (QED) is 0.567. The Morgan fingerprint density at radius 2 is 1.93 bits per heavy atom. The van der Waals surface area contributed by atoms with Crippen LogP contribution in [-0.2, 0) is 10.2 Å². The van der Waals surface area contributed by atoms with Crippen LogP contribution in [0.25, 0.3) is 0 Å². The lowest BCUT2D eigenvalue weighted by molar-refractivity contribution is 0.468. The fourth-order valence-corrected chi connectivity index (χ4v) is 2.67. The molecule has 0 aromatic carbocycles. The van der Waals surface area contributed by atoms with E-state index in [1.165, 1.54) is 4.31 Å². The van der Waals surface area contributed by atoms with Gasteiger partial charge in [-0.25, -0.2) is 0 Å². The topological polar surface area (TPSA) is 49.4 Å². The number of allylic oxidation sites excluding steroid dienone is 1. The van der Waals surface area contributed by atoms with Gasteiger partial charge in [0, 0.05) is 25.5 Å². The van der Waals surface area contributed by atoms with Crippen LogP contribution in [-0.4, -0.2) is 38.2 Å². The minimum absolute atomic E-state index is 0.311. The lowest BCUT2D eigenvalue weighted by Gasteiger charge is -2.14. The van der Waals surface area contributed by atoms with Gasteiger partial charge < -0.3 is 0 Å². The molecule has 4 nitrogen and oxygen atoms in total. The highest BCUT2D eigenvalue weighted by molar-refractivity contribution is 7.87. The lowest BCUT2D eigenvalue weighted by Crippen LogP contribution is -2.38. The number of hydrogen-bond acceptors (Lipinski definition) is 2. The lowest BCUT2D eigenvalue weighted by atomic mass is 10.4. The number of nitrogens with zero attached hydrogens (tertiary/aromatic N) is 1. The van der Waals surface area contributed by atoms with Crippen LogP contribution < -0.4 is 4.72 Å². The van der Waals surface area contributed by atoms with Crippen molar-refractivity contribution in [2.75, 3.05) is 25.5 Å². The summed E-state index contributed by atoms with van der Waals surface area (Å²) >= 11 is 5.40. The predicted octanol–water partition coefficient (Wildman–Crippen LogP) is 0.712. The van der Waals surface area contributed by atoms with E-state index < -0.39 is 10.2 Å². The van der Waals surface area contributed by atoms with Crippen molar-refractivity contribution in [2.24, 2.45) is 0 Å². The second kappa shape index (κ2) is 5.70. The zero-order chi connectivity index (χ0) is 10.4. The second-order valence-corrected chi connectivity index (χ2v) is 5.15. The summed E-state index contributed by atoms with van der Waals surface area (Å²) in [6.07, 6.45) is 5.34. The molecule has 1 N–H and O–H groups in total. The van der Waals surface area contributed by atoms with Crippen LogP contribution in [0.5, 0.6) is 0 Å². The smallest absolute Gasteiger partial charge is 0.198 e. The van der Waals surface area contributed by atoms with Crippen molar-refractivity contribution in [3.63, 3.8) is 0 Å². The van der Waals surface area contributed by atoms with Crippen LogP contribution in [0.4, 0.5) is 0 Å². The van der Waals surface area contributed by atoms with Gasteiger partial charge in [0.1, 0.15) is 0 Å². The summed E-state index contributed by atoms with van der Waals surface area (Å²) in [5, 5.41) is 0. The maximum Gasteiger partial charge on any atom is 0.279 e. The highest BCUT2D eigenvalue weighted by atomic mass is 35.5. The molecule has 82 valence electrons. The molecule has 0 atom stereocenters. The van der Waals surface area contributed by atoms with Crippen molar-refractivity contribution in [1.82, 2.24) is 9.03 Å². The molecule has 0 aromatic heterocycles. The molecule has 6 heteroatoms. The average molecular weight is 239 g/mol. The first-order chi connectivity index (χ1) is 6.67. The van der Waals surface area contributed by atoms with Crippen molar-refractivity contribution < 1.29 is 8.42 Å². The monoisotopic (exact) mass is 238 g/mol. The van der Waals surface area contributed by atoms with E-state index in [-0.39, 0.29) is 0 Å². The van der Waals surface area contributed by atoms with E-state index in [4.69, 9.17) is 11.6 Å². The minimum atomic E-state index is -3.25. The number of nitrogens with one attached hydrogen (secondary N) is 1. The van der Waals surface area contributed by atoms with Crippen LogP contribution in [0.1, 0.15) is 12.8 Å². The molecule has 14 heavy (non-hydrogen) atoms. The average Bonchev–Trinajstić information content (AvgIpc) is 2.65. The zero-order valence-electron chi connectivity index (χ0n) is 7.95. The third-order valence-electron chi connectivity index (χ3n) is 2.04. The van der Waals surface area contributed by atoms with E-state index in [9.17, 15) is 8.42 Å². The molecule has 0 bridgehead atoms. The van der Waals surface area contributed by atoms with Crippen LogP contribution in [0.2, 0.25) is 0 Å². The third kappa shape index (κ3) is 3.57. The summed E-state index contributed by atoms with van der Waals surface area (Å²) in [6.45, 7) is 1.58. The fourth-order valence-electron chi connectivity index (χ4n) is 1.32. The number of alkyl halides is 1. The molecule has 0 aliphatic carbocycles. The molecule has 0 spiro atoms. The zero-order valence-corrected chi connectivity index (χ0v) is 9.52. The highest BCUT2D eigenvalue weighted by Crippen LogP contribution is 2.10. The van der Waals surface area contributed by atoms with Gasteiger partial charge in [0.2, 0.25) is 0 Å². The molecule has 1 heterocycles. The molecule has 0 saturated carbocycles. The van der Waals surface area contributed by atoms with Crippen LogP contribution >= 0.6 is 11.6 Å². The molecule has 1 rings (SSSR count). The largest absolute Gasteiger partial charge is 0.279 e. The molecular weight excluding hydrogens is 224 g/mol. The van der Waals surface area contributed by atoms with E-state index in [1.54, 1.807) is 12.2 Å². The number of hydrogen-bond donors (Lipinski definition) is 1. The first-order valence-electron chi connectivity index (χ1n) is 4.62. The van der Waals surface area contributed by atoms with Gasteiger partial charge in [-0.1, -0.05) is 12.2 Å². The maximum atomic E-state index is 11.5. The molecule has 1 aliphatic heterocycles. The Hall–Kier alpha value is -0.100. The Kier molecular flexibility index (Phi) is 4.88. The van der Waals surface area contributed by atoms with Crippen molar-refractivity contribution in [1.29, 1.82) is 0 Å². The SMILES string of the molecule is O=S(=O)(NC/C=C/CCl)N1CCCC1. The van der Waals surface area contributed by atoms with Crippen molar-refractivity contribution in [2.45, 2.75) is 12.8 Å². The van der Waals surface area contributed by atoms with E-state index >= 15 is 0 Å². The van der Waals surface area contributed by atoms with Gasteiger partial charge in [-0.15, -0.1) is 11.6 Å². The van der Waals surface area contributed by atoms with Gasteiger partial charge in [-0.2, -0.15) is 17.4 Å². The Morgan fingerprint density at radius 1 is 1.29 bits per heavy atom. The molecule has 0 unspecified atom stereocenters. The fraction of sp³-hybridized carbons (Fsp3) is 0.750. The summed E-state index contributed by atoms with van der Waals surface area (Å²) < 4.78 is 27.1. The standard InChI is InChI=1S/C8H15ClN2O2S/c9-5-1-2-6-10-14(12,13)11-7-3-4-8-11/h1-2,10H,3-8H2/b2-1+. The molecule has 1 saturated heterocycles. The highest BCUT2D eigenvalue weighted by Gasteiger charge is 2.23. The van der Waals surface area contributed by atoms with Crippen molar-refractivity contribution in [3.8, 4) is 0 Å². The predicted molar refractivity (Wildman–Crippen MR) is 57.6 cm³/mol. The minimum Gasteiger partial charge on any atom is -0.198 e. The van der Waals surface area contributed by atoms with Crippen LogP contribution in [0.3, 0.4) is 0 Å². The molecule has 0 radical (unpaired) electrons. The molecule has 1 aliphatic rings. The van der Waals surface area contributed by atoms with Crippen LogP contribution in [0.15, 0.2) is 12.2 Å². The number of halogens is 1. The van der Waals surface area contributed by atoms with Gasteiger partial charge in [0.05, 0.1) is 0 Å². The van der Waals surface area contributed by atoms with Crippen molar-refractivity contribution in [3.05, 3.63) is 12.2 Å². The number of rotatable bonds is 5. The molecule has 0 aromatic rings. The molecular formula is C8H15ClN2O2S.